The van der Waals surface area contributed by atoms with Gasteiger partial charge in [-0.05, 0) is 56.1 Å². The van der Waals surface area contributed by atoms with Gasteiger partial charge in [-0.1, -0.05) is 36.4 Å². The first-order valence-corrected chi connectivity index (χ1v) is 12.5. The molecule has 2 heterocycles. The monoisotopic (exact) mass is 452 g/mol. The maximum Gasteiger partial charge on any atom is 0.0793 e. The molecule has 2 N–H and O–H groups in total. The number of likely N-dealkylation sites (N-methyl/N-ethyl adjacent to an activating group) is 1. The predicted octanol–water partition coefficient (Wildman–Crippen LogP) is 2.22. The van der Waals surface area contributed by atoms with Gasteiger partial charge in [0.15, 0.2) is 0 Å². The highest BCUT2D eigenvalue weighted by Crippen LogP contribution is 2.35. The van der Waals surface area contributed by atoms with Crippen LogP contribution in [0.5, 0.6) is 0 Å². The molecular weight excluding hydrogens is 412 g/mol. The third kappa shape index (κ3) is 6.55. The second-order valence-corrected chi connectivity index (χ2v) is 9.54. The average molecular weight is 453 g/mol. The fraction of sp³-hybridized carbons (Fsp3) is 0.556. The van der Waals surface area contributed by atoms with Crippen molar-refractivity contribution in [2.75, 3.05) is 77.5 Å². The van der Waals surface area contributed by atoms with Crippen LogP contribution in [0, 0.1) is 0 Å². The molecule has 6 heteroatoms. The van der Waals surface area contributed by atoms with E-state index in [1.807, 2.05) is 0 Å². The number of rotatable bonds is 10. The fourth-order valence-corrected chi connectivity index (χ4v) is 5.25. The standard InChI is InChI=1S/C27H40N4O2/c1-28(21-25(33)22-30-17-15-29(16-18-30)19-20-32)13-6-14-31-26-9-4-2-7-23(26)11-12-24-8-3-5-10-27(24)31/h2-5,7-10,25,32-33H,6,11-22H2,1H3. The van der Waals surface area contributed by atoms with Gasteiger partial charge in [0, 0.05) is 63.7 Å². The lowest BCUT2D eigenvalue weighted by atomic mass is 10.0. The molecule has 1 saturated heterocycles. The Labute approximate surface area is 199 Å². The molecule has 2 aliphatic rings. The molecule has 1 unspecified atom stereocenters. The van der Waals surface area contributed by atoms with Crippen molar-refractivity contribution in [2.45, 2.75) is 25.4 Å². The number of hydrogen-bond donors (Lipinski definition) is 2. The number of aryl methyl sites for hydroxylation is 2. The summed E-state index contributed by atoms with van der Waals surface area (Å²) in [7, 11) is 2.12. The van der Waals surface area contributed by atoms with E-state index in [-0.39, 0.29) is 12.7 Å². The lowest BCUT2D eigenvalue weighted by molar-refractivity contribution is 0.0513. The minimum absolute atomic E-state index is 0.224. The Morgan fingerprint density at radius 3 is 2.03 bits per heavy atom. The molecule has 4 rings (SSSR count). The predicted molar refractivity (Wildman–Crippen MR) is 135 cm³/mol. The van der Waals surface area contributed by atoms with E-state index in [2.05, 4.69) is 75.2 Å². The van der Waals surface area contributed by atoms with Crippen molar-refractivity contribution in [3.05, 3.63) is 59.7 Å². The minimum atomic E-state index is -0.334. The average Bonchev–Trinajstić information content (AvgIpc) is 2.98. The summed E-state index contributed by atoms with van der Waals surface area (Å²) in [5.41, 5.74) is 5.53. The van der Waals surface area contributed by atoms with Gasteiger partial charge in [-0.3, -0.25) is 9.80 Å². The Kier molecular flexibility index (Phi) is 8.75. The smallest absolute Gasteiger partial charge is 0.0793 e. The molecule has 180 valence electrons. The van der Waals surface area contributed by atoms with Crippen molar-refractivity contribution in [3.8, 4) is 0 Å². The van der Waals surface area contributed by atoms with Gasteiger partial charge in [-0.15, -0.1) is 0 Å². The molecule has 2 aromatic carbocycles. The molecular formula is C27H40N4O2. The number of para-hydroxylation sites is 2. The van der Waals surface area contributed by atoms with Crippen LogP contribution in [-0.2, 0) is 12.8 Å². The fourth-order valence-electron chi connectivity index (χ4n) is 5.25. The second kappa shape index (κ2) is 12.0. The van der Waals surface area contributed by atoms with Crippen LogP contribution in [0.1, 0.15) is 17.5 Å². The number of β-amino-alcohol motifs (C(OH)–C–C–N with tert-alkyl or cyclic N) is 2. The van der Waals surface area contributed by atoms with Gasteiger partial charge in [0.05, 0.1) is 12.7 Å². The van der Waals surface area contributed by atoms with E-state index in [4.69, 9.17) is 5.11 Å². The van der Waals surface area contributed by atoms with Crippen molar-refractivity contribution in [2.24, 2.45) is 0 Å². The summed E-state index contributed by atoms with van der Waals surface area (Å²) >= 11 is 0. The first-order chi connectivity index (χ1) is 16.1. The Balaban J connectivity index is 1.26. The van der Waals surface area contributed by atoms with Crippen LogP contribution in [0.25, 0.3) is 0 Å². The Hall–Kier alpha value is -1.96. The Bertz CT molecular complexity index is 821. The van der Waals surface area contributed by atoms with Gasteiger partial charge >= 0.3 is 0 Å². The largest absolute Gasteiger partial charge is 0.395 e. The number of aliphatic hydroxyl groups excluding tert-OH is 2. The van der Waals surface area contributed by atoms with Gasteiger partial charge < -0.3 is 20.0 Å². The van der Waals surface area contributed by atoms with Gasteiger partial charge in [0.2, 0.25) is 0 Å². The molecule has 6 nitrogen and oxygen atoms in total. The zero-order chi connectivity index (χ0) is 23.0. The third-order valence-electron chi connectivity index (χ3n) is 7.02. The summed E-state index contributed by atoms with van der Waals surface area (Å²) in [6, 6.07) is 17.6. The molecule has 0 aliphatic carbocycles. The molecule has 0 spiro atoms. The van der Waals surface area contributed by atoms with Crippen molar-refractivity contribution in [1.29, 1.82) is 0 Å². The maximum absolute atomic E-state index is 10.6. The van der Waals surface area contributed by atoms with E-state index in [1.54, 1.807) is 0 Å². The van der Waals surface area contributed by atoms with E-state index in [0.29, 0.717) is 6.54 Å². The third-order valence-corrected chi connectivity index (χ3v) is 7.02. The number of nitrogens with zero attached hydrogens (tertiary/aromatic N) is 4. The lowest BCUT2D eigenvalue weighted by Crippen LogP contribution is -2.50. The highest BCUT2D eigenvalue weighted by molar-refractivity contribution is 5.71. The highest BCUT2D eigenvalue weighted by atomic mass is 16.3. The first-order valence-electron chi connectivity index (χ1n) is 12.5. The summed E-state index contributed by atoms with van der Waals surface area (Å²) in [5.74, 6) is 0. The topological polar surface area (TPSA) is 53.4 Å². The molecule has 2 aliphatic heterocycles. The summed E-state index contributed by atoms with van der Waals surface area (Å²) in [6.07, 6.45) is 2.89. The Morgan fingerprint density at radius 2 is 1.42 bits per heavy atom. The van der Waals surface area contributed by atoms with Crippen LogP contribution in [0.4, 0.5) is 11.4 Å². The van der Waals surface area contributed by atoms with Gasteiger partial charge in [0.1, 0.15) is 0 Å². The van der Waals surface area contributed by atoms with Crippen LogP contribution in [-0.4, -0.2) is 104 Å². The van der Waals surface area contributed by atoms with Crippen LogP contribution in [0.3, 0.4) is 0 Å². The normalized spacial score (nSPS) is 18.1. The van der Waals surface area contributed by atoms with Gasteiger partial charge in [0.25, 0.3) is 0 Å². The molecule has 0 bridgehead atoms. The summed E-state index contributed by atoms with van der Waals surface area (Å²) in [5, 5.41) is 19.7. The van der Waals surface area contributed by atoms with Crippen molar-refractivity contribution in [1.82, 2.24) is 14.7 Å². The van der Waals surface area contributed by atoms with Crippen LogP contribution in [0.2, 0.25) is 0 Å². The molecule has 33 heavy (non-hydrogen) atoms. The summed E-state index contributed by atoms with van der Waals surface area (Å²) in [4.78, 5) is 9.39. The van der Waals surface area contributed by atoms with Crippen molar-refractivity contribution >= 4 is 11.4 Å². The van der Waals surface area contributed by atoms with E-state index < -0.39 is 0 Å². The molecule has 1 fully saturated rings. The SMILES string of the molecule is CN(CCCN1c2ccccc2CCc2ccccc21)CC(O)CN1CCN(CCO)CC1. The van der Waals surface area contributed by atoms with Crippen molar-refractivity contribution < 1.29 is 10.2 Å². The highest BCUT2D eigenvalue weighted by Gasteiger charge is 2.21. The number of fused-ring (bicyclic) bond motifs is 2. The summed E-state index contributed by atoms with van der Waals surface area (Å²) in [6.45, 7) is 8.22. The van der Waals surface area contributed by atoms with Crippen LogP contribution >= 0.6 is 0 Å². The number of piperazine rings is 1. The molecule has 0 radical (unpaired) electrons. The zero-order valence-electron chi connectivity index (χ0n) is 20.1. The Morgan fingerprint density at radius 1 is 0.848 bits per heavy atom. The molecule has 2 aromatic rings. The quantitative estimate of drug-likeness (QED) is 0.577. The number of hydrogen-bond acceptors (Lipinski definition) is 6. The minimum Gasteiger partial charge on any atom is -0.395 e. The number of aliphatic hydroxyl groups is 2. The zero-order valence-corrected chi connectivity index (χ0v) is 20.1. The molecule has 0 aromatic heterocycles. The van der Waals surface area contributed by atoms with E-state index in [1.165, 1.54) is 22.5 Å². The van der Waals surface area contributed by atoms with E-state index >= 15 is 0 Å². The second-order valence-electron chi connectivity index (χ2n) is 9.54. The van der Waals surface area contributed by atoms with Crippen LogP contribution < -0.4 is 4.90 Å². The van der Waals surface area contributed by atoms with Crippen molar-refractivity contribution in [3.63, 3.8) is 0 Å². The first kappa shape index (κ1) is 24.2. The van der Waals surface area contributed by atoms with Gasteiger partial charge in [-0.25, -0.2) is 0 Å². The van der Waals surface area contributed by atoms with Gasteiger partial charge in [-0.2, -0.15) is 0 Å². The maximum atomic E-state index is 10.6. The van der Waals surface area contributed by atoms with E-state index in [0.717, 1.165) is 71.6 Å². The van der Waals surface area contributed by atoms with Crippen LogP contribution in [0.15, 0.2) is 48.5 Å². The number of anilines is 2. The molecule has 0 saturated carbocycles. The molecule has 0 amide bonds. The lowest BCUT2D eigenvalue weighted by Gasteiger charge is -2.35. The number of benzene rings is 2. The molecule has 1 atom stereocenters. The van der Waals surface area contributed by atoms with E-state index in [9.17, 15) is 5.11 Å². The summed E-state index contributed by atoms with van der Waals surface area (Å²) < 4.78 is 0.